The maximum Gasteiger partial charge on any atom is 0.174 e. The number of benzene rings is 5. The number of Topliss-reactive ketones (excluding diaryl/α,β-unsaturated/α-hetero) is 1. The van der Waals surface area contributed by atoms with Crippen molar-refractivity contribution in [3.8, 4) is 11.1 Å². The Morgan fingerprint density at radius 2 is 1.29 bits per heavy atom. The molecule has 0 unspecified atom stereocenters. The normalized spacial score (nSPS) is 19.9. The molecule has 0 fully saturated rings. The standard InChI is InChI=1S/C37H30O/c1-22-15-17-27(18-16-22)31-24(3)21-29-34-28(31)19-23(2)20-30(34)37(4)35(29)32(25-11-7-5-8-12-25)33(36(37)38)26-13-9-6-10-14-26/h5-21,35H,1-4H3/t35-,37-/m0/s1. The summed E-state index contributed by atoms with van der Waals surface area (Å²) in [5.74, 6) is 0.197. The summed E-state index contributed by atoms with van der Waals surface area (Å²) in [6, 6.07) is 36.6. The molecule has 0 heterocycles. The van der Waals surface area contributed by atoms with Crippen molar-refractivity contribution in [2.75, 3.05) is 0 Å². The number of rotatable bonds is 3. The predicted molar refractivity (Wildman–Crippen MR) is 158 cm³/mol. The van der Waals surface area contributed by atoms with E-state index in [4.69, 9.17) is 0 Å². The Morgan fingerprint density at radius 3 is 1.95 bits per heavy atom. The van der Waals surface area contributed by atoms with Crippen molar-refractivity contribution in [1.82, 2.24) is 0 Å². The monoisotopic (exact) mass is 490 g/mol. The summed E-state index contributed by atoms with van der Waals surface area (Å²) in [4.78, 5) is 14.7. The summed E-state index contributed by atoms with van der Waals surface area (Å²) in [6.07, 6.45) is 0. The van der Waals surface area contributed by atoms with Gasteiger partial charge < -0.3 is 0 Å². The second-order valence-corrected chi connectivity index (χ2v) is 11.2. The van der Waals surface area contributed by atoms with E-state index in [1.165, 1.54) is 49.7 Å². The second-order valence-electron chi connectivity index (χ2n) is 11.2. The van der Waals surface area contributed by atoms with Gasteiger partial charge in [-0.2, -0.15) is 0 Å². The third kappa shape index (κ3) is 3.02. The van der Waals surface area contributed by atoms with Crippen molar-refractivity contribution in [1.29, 1.82) is 0 Å². The van der Waals surface area contributed by atoms with Gasteiger partial charge in [-0.25, -0.2) is 0 Å². The molecule has 0 radical (unpaired) electrons. The lowest BCUT2D eigenvalue weighted by atomic mass is 9.73. The molecule has 2 aliphatic rings. The molecule has 5 aromatic carbocycles. The molecular formula is C37H30O. The van der Waals surface area contributed by atoms with Crippen molar-refractivity contribution in [2.24, 2.45) is 0 Å². The summed E-state index contributed by atoms with van der Waals surface area (Å²) < 4.78 is 0. The first-order chi connectivity index (χ1) is 18.4. The minimum absolute atomic E-state index is 0.0299. The number of carbonyl (C=O) groups is 1. The molecule has 0 saturated carbocycles. The zero-order valence-electron chi connectivity index (χ0n) is 22.3. The maximum absolute atomic E-state index is 14.7. The van der Waals surface area contributed by atoms with E-state index in [1.54, 1.807) is 0 Å². The van der Waals surface area contributed by atoms with E-state index >= 15 is 0 Å². The quantitative estimate of drug-likeness (QED) is 0.247. The molecule has 0 amide bonds. The fourth-order valence-electron chi connectivity index (χ4n) is 7.14. The van der Waals surface area contributed by atoms with E-state index < -0.39 is 5.41 Å². The highest BCUT2D eigenvalue weighted by molar-refractivity contribution is 6.38. The van der Waals surface area contributed by atoms with E-state index in [0.29, 0.717) is 0 Å². The molecule has 0 aliphatic heterocycles. The first-order valence-electron chi connectivity index (χ1n) is 13.4. The van der Waals surface area contributed by atoms with Gasteiger partial charge in [-0.1, -0.05) is 114 Å². The fourth-order valence-corrected chi connectivity index (χ4v) is 7.14. The van der Waals surface area contributed by atoms with E-state index in [0.717, 1.165) is 22.3 Å². The maximum atomic E-state index is 14.7. The van der Waals surface area contributed by atoms with Crippen LogP contribution in [-0.4, -0.2) is 5.78 Å². The lowest BCUT2D eigenvalue weighted by molar-refractivity contribution is -0.117. The van der Waals surface area contributed by atoms with Crippen molar-refractivity contribution in [3.05, 3.63) is 142 Å². The number of fused-ring (bicyclic) bond motifs is 3. The summed E-state index contributed by atoms with van der Waals surface area (Å²) in [6.45, 7) is 8.71. The Bertz CT molecular complexity index is 1790. The lowest BCUT2D eigenvalue weighted by Gasteiger charge is -2.27. The summed E-state index contributed by atoms with van der Waals surface area (Å²) >= 11 is 0. The van der Waals surface area contributed by atoms with Crippen LogP contribution in [0.4, 0.5) is 0 Å². The third-order valence-corrected chi connectivity index (χ3v) is 8.80. The molecule has 5 aromatic rings. The Morgan fingerprint density at radius 1 is 0.658 bits per heavy atom. The average molecular weight is 491 g/mol. The molecule has 1 nitrogen and oxygen atoms in total. The number of aryl methyl sites for hydroxylation is 3. The SMILES string of the molecule is Cc1ccc(-c2c(C)cc3c4c(cc(C)cc24)[C@]2(C)C(=O)C(c4ccccc4)=C(c4ccccc4)[C@H]32)cc1. The average Bonchev–Trinajstić information content (AvgIpc) is 3.31. The molecule has 0 spiro atoms. The summed E-state index contributed by atoms with van der Waals surface area (Å²) in [5.41, 5.74) is 12.2. The molecule has 2 aliphatic carbocycles. The second kappa shape index (κ2) is 8.13. The van der Waals surface area contributed by atoms with Gasteiger partial charge in [0.25, 0.3) is 0 Å². The van der Waals surface area contributed by atoms with Crippen molar-refractivity contribution in [2.45, 2.75) is 39.0 Å². The third-order valence-electron chi connectivity index (χ3n) is 8.80. The van der Waals surface area contributed by atoms with Crippen LogP contribution in [0.1, 0.15) is 51.8 Å². The molecular weight excluding hydrogens is 460 g/mol. The highest BCUT2D eigenvalue weighted by atomic mass is 16.1. The Hall–Kier alpha value is -4.23. The summed E-state index contributed by atoms with van der Waals surface area (Å²) in [5, 5.41) is 2.52. The van der Waals surface area contributed by atoms with Crippen LogP contribution in [0, 0.1) is 20.8 Å². The van der Waals surface area contributed by atoms with Crippen LogP contribution < -0.4 is 0 Å². The van der Waals surface area contributed by atoms with Crippen LogP contribution in [0.25, 0.3) is 33.0 Å². The van der Waals surface area contributed by atoms with Gasteiger partial charge in [0.15, 0.2) is 5.78 Å². The number of ketones is 1. The molecule has 2 atom stereocenters. The van der Waals surface area contributed by atoms with E-state index in [1.807, 2.05) is 24.3 Å². The van der Waals surface area contributed by atoms with Gasteiger partial charge in [-0.15, -0.1) is 0 Å². The lowest BCUT2D eigenvalue weighted by Crippen LogP contribution is -2.31. The molecule has 184 valence electrons. The zero-order valence-corrected chi connectivity index (χ0v) is 22.3. The molecule has 38 heavy (non-hydrogen) atoms. The first kappa shape index (κ1) is 22.9. The van der Waals surface area contributed by atoms with Gasteiger partial charge in [-0.05, 0) is 83.0 Å². The van der Waals surface area contributed by atoms with Gasteiger partial charge >= 0.3 is 0 Å². The van der Waals surface area contributed by atoms with Crippen LogP contribution in [0.5, 0.6) is 0 Å². The smallest absolute Gasteiger partial charge is 0.174 e. The fraction of sp³-hybridized carbons (Fsp3) is 0.162. The van der Waals surface area contributed by atoms with E-state index in [-0.39, 0.29) is 11.7 Å². The highest BCUT2D eigenvalue weighted by Crippen LogP contribution is 2.64. The van der Waals surface area contributed by atoms with Gasteiger partial charge in [-0.3, -0.25) is 4.79 Å². The van der Waals surface area contributed by atoms with Crippen molar-refractivity contribution < 1.29 is 4.79 Å². The van der Waals surface area contributed by atoms with Crippen molar-refractivity contribution >= 4 is 27.7 Å². The molecule has 0 bridgehead atoms. The van der Waals surface area contributed by atoms with E-state index in [9.17, 15) is 4.79 Å². The van der Waals surface area contributed by atoms with Crippen molar-refractivity contribution in [3.63, 3.8) is 0 Å². The van der Waals surface area contributed by atoms with Crippen LogP contribution >= 0.6 is 0 Å². The molecule has 1 heteroatoms. The number of allylic oxidation sites excluding steroid dienone is 2. The van der Waals surface area contributed by atoms with Crippen LogP contribution in [0.15, 0.2) is 103 Å². The Balaban J connectivity index is 1.59. The number of carbonyl (C=O) groups excluding carboxylic acids is 1. The summed E-state index contributed by atoms with van der Waals surface area (Å²) in [7, 11) is 0. The molecule has 0 saturated heterocycles. The number of hydrogen-bond donors (Lipinski definition) is 0. The van der Waals surface area contributed by atoms with Gasteiger partial charge in [0.2, 0.25) is 0 Å². The van der Waals surface area contributed by atoms with Gasteiger partial charge in [0, 0.05) is 11.5 Å². The molecule has 7 rings (SSSR count). The Kier molecular flexibility index (Phi) is 4.91. The number of hydrogen-bond acceptors (Lipinski definition) is 1. The van der Waals surface area contributed by atoms with Crippen LogP contribution in [0.3, 0.4) is 0 Å². The predicted octanol–water partition coefficient (Wildman–Crippen LogP) is 8.98. The van der Waals surface area contributed by atoms with E-state index in [2.05, 4.69) is 107 Å². The Labute approximate surface area is 224 Å². The topological polar surface area (TPSA) is 17.1 Å². The first-order valence-corrected chi connectivity index (χ1v) is 13.4. The van der Waals surface area contributed by atoms with Crippen LogP contribution in [0.2, 0.25) is 0 Å². The van der Waals surface area contributed by atoms with Gasteiger partial charge in [0.05, 0.1) is 5.41 Å². The minimum Gasteiger partial charge on any atom is -0.293 e. The van der Waals surface area contributed by atoms with Gasteiger partial charge in [0.1, 0.15) is 0 Å². The minimum atomic E-state index is -0.651. The molecule has 0 aromatic heterocycles. The zero-order chi connectivity index (χ0) is 26.2. The van der Waals surface area contributed by atoms with Crippen LogP contribution in [-0.2, 0) is 10.2 Å². The molecule has 0 N–H and O–H groups in total. The highest BCUT2D eigenvalue weighted by Gasteiger charge is 2.57. The largest absolute Gasteiger partial charge is 0.293 e.